The number of likely N-dealkylation sites (N-methyl/N-ethyl adjacent to an activating group) is 1. The summed E-state index contributed by atoms with van der Waals surface area (Å²) in [5, 5.41) is 26.1. The highest BCUT2D eigenvalue weighted by Gasteiger charge is 2.80. The largest absolute Gasteiger partial charge is 0.496 e. The average Bonchev–Trinajstić information content (AvgIpc) is 3.91. The molecule has 9 rings (SSSR count). The Morgan fingerprint density at radius 3 is 2.38 bits per heavy atom. The lowest BCUT2D eigenvalue weighted by atomic mass is 9.47. The highest BCUT2D eigenvalue weighted by molar-refractivity contribution is 5.95. The fourth-order valence-corrected chi connectivity index (χ4v) is 13.4. The molecule has 1 saturated carbocycles. The van der Waals surface area contributed by atoms with Crippen molar-refractivity contribution in [1.82, 2.24) is 14.8 Å². The minimum atomic E-state index is -2.34. The monoisotopic (exact) mass is 824 g/mol. The van der Waals surface area contributed by atoms with E-state index in [4.69, 9.17) is 18.9 Å². The van der Waals surface area contributed by atoms with E-state index in [1.807, 2.05) is 74.3 Å². The van der Waals surface area contributed by atoms with E-state index in [0.29, 0.717) is 68.1 Å². The predicted octanol–water partition coefficient (Wildman–Crippen LogP) is 3.52. The van der Waals surface area contributed by atoms with Crippen LogP contribution < -0.4 is 9.64 Å². The number of esters is 3. The third-order valence-electron chi connectivity index (χ3n) is 15.6. The first kappa shape index (κ1) is 40.5. The van der Waals surface area contributed by atoms with E-state index < -0.39 is 57.5 Å². The minimum absolute atomic E-state index is 0.154. The number of aromatic nitrogens is 1. The quantitative estimate of drug-likeness (QED) is 0.180. The van der Waals surface area contributed by atoms with Gasteiger partial charge < -0.3 is 43.9 Å². The summed E-state index contributed by atoms with van der Waals surface area (Å²) in [7, 11) is 6.01. The molecule has 1 spiro atoms. The Balaban J connectivity index is 1.37. The maximum Gasteiger partial charge on any atom is 0.344 e. The van der Waals surface area contributed by atoms with Gasteiger partial charge in [-0.2, -0.15) is 0 Å². The molecule has 2 bridgehead atoms. The number of piperidine rings is 1. The highest BCUT2D eigenvalue weighted by Crippen LogP contribution is 2.68. The molecule has 14 heteroatoms. The second-order valence-electron chi connectivity index (χ2n) is 18.0. The molecule has 9 atom stereocenters. The van der Waals surface area contributed by atoms with E-state index in [0.717, 1.165) is 22.0 Å². The summed E-state index contributed by atoms with van der Waals surface area (Å²) in [4.78, 5) is 66.3. The molecular formula is C46H56N4O10. The van der Waals surface area contributed by atoms with Crippen LogP contribution in [0.1, 0.15) is 75.3 Å². The van der Waals surface area contributed by atoms with E-state index in [1.165, 1.54) is 21.1 Å². The van der Waals surface area contributed by atoms with E-state index in [1.54, 1.807) is 12.0 Å². The van der Waals surface area contributed by atoms with Gasteiger partial charge in [-0.3, -0.25) is 19.3 Å². The Morgan fingerprint density at radius 2 is 1.70 bits per heavy atom. The molecule has 6 aliphatic rings. The number of aromatic amines is 1. The summed E-state index contributed by atoms with van der Waals surface area (Å²) in [5.41, 5.74) is -3.09. The smallest absolute Gasteiger partial charge is 0.344 e. The number of ether oxygens (including phenoxy) is 4. The first-order chi connectivity index (χ1) is 28.7. The maximum absolute atomic E-state index is 15.3. The number of methoxy groups -OCH3 is 3. The van der Waals surface area contributed by atoms with Gasteiger partial charge in [-0.25, -0.2) is 4.79 Å². The van der Waals surface area contributed by atoms with Crippen molar-refractivity contribution < 1.29 is 48.3 Å². The van der Waals surface area contributed by atoms with Crippen LogP contribution in [-0.2, 0) is 50.6 Å². The number of hydrogen-bond acceptors (Lipinski definition) is 12. The molecular weight excluding hydrogens is 769 g/mol. The third-order valence-corrected chi connectivity index (χ3v) is 15.6. The molecule has 60 heavy (non-hydrogen) atoms. The summed E-state index contributed by atoms with van der Waals surface area (Å²) in [6.45, 7) is 7.03. The van der Waals surface area contributed by atoms with Crippen LogP contribution in [0.2, 0.25) is 0 Å². The van der Waals surface area contributed by atoms with Gasteiger partial charge in [0.25, 0.3) is 5.91 Å². The topological polar surface area (TPSA) is 171 Å². The van der Waals surface area contributed by atoms with Crippen LogP contribution in [0.25, 0.3) is 10.9 Å². The lowest BCUT2D eigenvalue weighted by molar-refractivity contribution is -0.228. The van der Waals surface area contributed by atoms with Crippen LogP contribution in [0.15, 0.2) is 48.6 Å². The maximum atomic E-state index is 15.3. The van der Waals surface area contributed by atoms with Crippen molar-refractivity contribution in [3.8, 4) is 5.75 Å². The number of nitrogens with zero attached hydrogens (tertiary/aromatic N) is 3. The Morgan fingerprint density at radius 1 is 0.950 bits per heavy atom. The zero-order chi connectivity index (χ0) is 42.7. The number of nitrogens with one attached hydrogen (secondary N) is 1. The molecule has 1 amide bonds. The number of fused-ring (bicyclic) bond motifs is 6. The van der Waals surface area contributed by atoms with Crippen molar-refractivity contribution in [2.24, 2.45) is 11.3 Å². The fraction of sp³-hybridized carbons (Fsp3) is 0.565. The van der Waals surface area contributed by atoms with Gasteiger partial charge in [0, 0.05) is 84.4 Å². The zero-order valence-electron chi connectivity index (χ0n) is 35.5. The Hall–Kier alpha value is -4.92. The van der Waals surface area contributed by atoms with Gasteiger partial charge in [-0.05, 0) is 74.2 Å². The number of amides is 1. The number of carbonyl (C=O) groups excluding carboxylic acids is 4. The summed E-state index contributed by atoms with van der Waals surface area (Å²) in [6, 6.07) is 10.5. The van der Waals surface area contributed by atoms with Crippen LogP contribution in [0, 0.1) is 11.3 Å². The molecule has 320 valence electrons. The zero-order valence-corrected chi connectivity index (χ0v) is 35.5. The van der Waals surface area contributed by atoms with Crippen molar-refractivity contribution in [1.29, 1.82) is 0 Å². The van der Waals surface area contributed by atoms with E-state index in [2.05, 4.69) is 9.88 Å². The SMILES string of the molecule is CC[C@]1(O)C[C@H]2CN(CCc3c([nH]c4ccccc34)[C@@](C(=O)OC)(c3cc4c(cc3OC)N(C)[C@H]3[C@@](O)(C(=O)OC)[C@H](OC(C)=O)[C@]5(CC)C=CCN6CC[C@]43[C@@H]65)C2)C1=O. The highest BCUT2D eigenvalue weighted by atomic mass is 16.6. The lowest BCUT2D eigenvalue weighted by Crippen LogP contribution is -2.81. The number of para-hydroxylation sites is 1. The Labute approximate surface area is 349 Å². The van der Waals surface area contributed by atoms with Crippen LogP contribution in [0.5, 0.6) is 5.75 Å². The molecule has 1 aromatic heterocycles. The molecule has 2 aromatic carbocycles. The normalized spacial score (nSPS) is 35.4. The van der Waals surface area contributed by atoms with Gasteiger partial charge in [0.15, 0.2) is 6.10 Å². The first-order valence-electron chi connectivity index (χ1n) is 21.2. The van der Waals surface area contributed by atoms with Gasteiger partial charge in [-0.1, -0.05) is 44.2 Å². The number of hydrogen-bond donors (Lipinski definition) is 3. The summed E-state index contributed by atoms with van der Waals surface area (Å²) < 4.78 is 23.8. The van der Waals surface area contributed by atoms with Crippen molar-refractivity contribution >= 4 is 40.4 Å². The van der Waals surface area contributed by atoms with Gasteiger partial charge in [0.2, 0.25) is 5.60 Å². The standard InChI is InChI=1S/C46H56N4O10/c1-8-42-16-12-18-49-20-17-44(36(42)49)30-21-31(34(57-5)22-33(30)48(4)37(44)46(56,41(54)59-7)38(42)60-26(3)51)45(40(53)58-6)24-27-23-43(55,9-2)39(52)50(25-27)19-15-29-28-13-10-11-14-32(28)47-35(29)45/h10-14,16,21-22,27,36-38,47,55-56H,8-9,15,17-20,23-25H2,1-7H3/t27-,36+,37-,38-,42-,43+,44-,45+,46+/m1/s1. The number of H-pyrrole nitrogens is 1. The summed E-state index contributed by atoms with van der Waals surface area (Å²) in [5.74, 6) is -2.31. The van der Waals surface area contributed by atoms with E-state index in [-0.39, 0.29) is 37.1 Å². The minimum Gasteiger partial charge on any atom is -0.496 e. The lowest BCUT2D eigenvalue weighted by Gasteiger charge is -2.63. The number of carbonyl (C=O) groups is 4. The molecule has 0 unspecified atom stereocenters. The third kappa shape index (κ3) is 4.98. The second kappa shape index (κ2) is 13.8. The molecule has 3 fully saturated rings. The number of anilines is 1. The molecule has 14 nitrogen and oxygen atoms in total. The van der Waals surface area contributed by atoms with Crippen molar-refractivity contribution in [2.75, 3.05) is 59.5 Å². The fourth-order valence-electron chi connectivity index (χ4n) is 13.4. The molecule has 6 heterocycles. The second-order valence-corrected chi connectivity index (χ2v) is 18.0. The molecule has 5 aliphatic heterocycles. The number of benzene rings is 2. The van der Waals surface area contributed by atoms with Gasteiger partial charge >= 0.3 is 17.9 Å². The number of aliphatic hydroxyl groups is 2. The van der Waals surface area contributed by atoms with Crippen molar-refractivity contribution in [3.63, 3.8) is 0 Å². The summed E-state index contributed by atoms with van der Waals surface area (Å²) in [6.07, 6.45) is 4.68. The molecule has 1 aliphatic carbocycles. The predicted molar refractivity (Wildman–Crippen MR) is 221 cm³/mol. The molecule has 3 aromatic rings. The van der Waals surface area contributed by atoms with Crippen LogP contribution in [0.3, 0.4) is 0 Å². The van der Waals surface area contributed by atoms with Gasteiger partial charge in [0.05, 0.1) is 27.4 Å². The Bertz CT molecular complexity index is 2340. The molecule has 3 N–H and O–H groups in total. The van der Waals surface area contributed by atoms with Crippen LogP contribution >= 0.6 is 0 Å². The van der Waals surface area contributed by atoms with Crippen LogP contribution in [0.4, 0.5) is 5.69 Å². The average molecular weight is 825 g/mol. The van der Waals surface area contributed by atoms with Crippen LogP contribution in [-0.4, -0.2) is 133 Å². The van der Waals surface area contributed by atoms with Crippen molar-refractivity contribution in [3.05, 3.63) is 70.9 Å². The van der Waals surface area contributed by atoms with E-state index in [9.17, 15) is 24.6 Å². The molecule has 0 radical (unpaired) electrons. The number of rotatable bonds is 7. The first-order valence-corrected chi connectivity index (χ1v) is 21.2. The molecule has 2 saturated heterocycles. The van der Waals surface area contributed by atoms with Gasteiger partial charge in [0.1, 0.15) is 16.8 Å². The summed E-state index contributed by atoms with van der Waals surface area (Å²) >= 11 is 0. The van der Waals surface area contributed by atoms with Gasteiger partial charge in [-0.15, -0.1) is 0 Å². The Kier molecular flexibility index (Phi) is 9.31. The van der Waals surface area contributed by atoms with Crippen molar-refractivity contribution in [2.45, 2.75) is 99.5 Å². The van der Waals surface area contributed by atoms with E-state index >= 15 is 4.79 Å².